The third kappa shape index (κ3) is 2.46. The van der Waals surface area contributed by atoms with Gasteiger partial charge in [0.25, 0.3) is 0 Å². The number of hydrogen-bond acceptors (Lipinski definition) is 6. The molecule has 2 N–H and O–H groups in total. The summed E-state index contributed by atoms with van der Waals surface area (Å²) in [6.07, 6.45) is 2.02. The third-order valence-corrected chi connectivity index (χ3v) is 5.83. The Labute approximate surface area is 127 Å². The normalized spacial score (nSPS) is 11.1. The quantitative estimate of drug-likeness (QED) is 0.720. The maximum atomic E-state index is 11.5. The predicted molar refractivity (Wildman–Crippen MR) is 87.3 cm³/mol. The number of rotatable bonds is 3. The van der Waals surface area contributed by atoms with E-state index in [1.54, 1.807) is 23.1 Å². The van der Waals surface area contributed by atoms with Crippen LogP contribution in [0, 0.1) is 0 Å². The number of carbonyl (C=O) groups is 1. The molecule has 0 aliphatic rings. The van der Waals surface area contributed by atoms with Crippen LogP contribution in [-0.2, 0) is 0 Å². The zero-order valence-corrected chi connectivity index (χ0v) is 13.3. The van der Waals surface area contributed by atoms with Gasteiger partial charge in [0.15, 0.2) is 9.47 Å². The number of fused-ring (bicyclic) bond motifs is 3. The molecule has 3 rings (SSSR count). The molecule has 0 bridgehead atoms. The van der Waals surface area contributed by atoms with Crippen LogP contribution >= 0.6 is 34.4 Å². The van der Waals surface area contributed by atoms with Crippen molar-refractivity contribution in [2.45, 2.75) is 11.3 Å². The number of thiazole rings is 2. The van der Waals surface area contributed by atoms with Crippen molar-refractivity contribution in [2.75, 3.05) is 18.1 Å². The molecule has 0 saturated heterocycles. The van der Waals surface area contributed by atoms with Gasteiger partial charge in [-0.2, -0.15) is 0 Å². The van der Waals surface area contributed by atoms with Crippen molar-refractivity contribution < 1.29 is 4.79 Å². The molecule has 5 nitrogen and oxygen atoms in total. The Hall–Kier alpha value is -1.38. The molecular formula is C12H12N4OS3. The lowest BCUT2D eigenvalue weighted by Gasteiger charge is -2.00. The minimum atomic E-state index is -0.225. The van der Waals surface area contributed by atoms with Crippen molar-refractivity contribution in [3.05, 3.63) is 12.1 Å². The lowest BCUT2D eigenvalue weighted by molar-refractivity contribution is 0.252. The van der Waals surface area contributed by atoms with E-state index in [1.807, 2.05) is 25.3 Å². The minimum absolute atomic E-state index is 0.225. The number of anilines is 1. The number of nitrogens with zero attached hydrogens (tertiary/aromatic N) is 2. The summed E-state index contributed by atoms with van der Waals surface area (Å²) in [6.45, 7) is 2.47. The van der Waals surface area contributed by atoms with Gasteiger partial charge in [0, 0.05) is 6.54 Å². The van der Waals surface area contributed by atoms with E-state index < -0.39 is 0 Å². The van der Waals surface area contributed by atoms with Crippen LogP contribution in [0.4, 0.5) is 9.93 Å². The molecule has 0 aliphatic heterocycles. The Balaban J connectivity index is 2.03. The Kier molecular flexibility index (Phi) is 3.77. The molecule has 0 saturated carbocycles. The molecule has 0 fully saturated rings. The Morgan fingerprint density at radius 3 is 2.65 bits per heavy atom. The molecule has 0 radical (unpaired) electrons. The maximum Gasteiger partial charge on any atom is 0.321 e. The highest BCUT2D eigenvalue weighted by atomic mass is 32.2. The highest BCUT2D eigenvalue weighted by Crippen LogP contribution is 2.37. The van der Waals surface area contributed by atoms with Gasteiger partial charge >= 0.3 is 6.03 Å². The lowest BCUT2D eigenvalue weighted by atomic mass is 10.3. The van der Waals surface area contributed by atoms with Crippen LogP contribution in [0.15, 0.2) is 16.5 Å². The average molecular weight is 324 g/mol. The third-order valence-electron chi connectivity index (χ3n) is 2.62. The number of amides is 2. The van der Waals surface area contributed by atoms with Crippen molar-refractivity contribution in [1.29, 1.82) is 0 Å². The second kappa shape index (κ2) is 5.55. The lowest BCUT2D eigenvalue weighted by Crippen LogP contribution is -2.28. The van der Waals surface area contributed by atoms with Crippen molar-refractivity contribution in [3.63, 3.8) is 0 Å². The topological polar surface area (TPSA) is 66.9 Å². The average Bonchev–Trinajstić information content (AvgIpc) is 3.00. The minimum Gasteiger partial charge on any atom is -0.338 e. The molecule has 2 aromatic heterocycles. The van der Waals surface area contributed by atoms with Gasteiger partial charge in [0.1, 0.15) is 0 Å². The van der Waals surface area contributed by atoms with E-state index in [0.29, 0.717) is 11.7 Å². The first-order chi connectivity index (χ1) is 9.71. The fraction of sp³-hybridized carbons (Fsp3) is 0.250. The smallest absolute Gasteiger partial charge is 0.321 e. The van der Waals surface area contributed by atoms with Gasteiger partial charge in [-0.15, -0.1) is 11.3 Å². The van der Waals surface area contributed by atoms with Crippen LogP contribution in [0.1, 0.15) is 6.92 Å². The van der Waals surface area contributed by atoms with Gasteiger partial charge < -0.3 is 5.32 Å². The Bertz CT molecular complexity index is 780. The highest BCUT2D eigenvalue weighted by molar-refractivity contribution is 8.00. The SMILES string of the molecule is CCNC(=O)Nc1nc2ccc3nc(SC)sc3c2s1. The first kappa shape index (κ1) is 13.6. The van der Waals surface area contributed by atoms with E-state index >= 15 is 0 Å². The number of urea groups is 1. The summed E-state index contributed by atoms with van der Waals surface area (Å²) < 4.78 is 3.25. The summed E-state index contributed by atoms with van der Waals surface area (Å²) in [6, 6.07) is 3.70. The van der Waals surface area contributed by atoms with E-state index in [4.69, 9.17) is 0 Å². The molecule has 0 atom stereocenters. The number of benzene rings is 1. The van der Waals surface area contributed by atoms with Crippen molar-refractivity contribution in [1.82, 2.24) is 15.3 Å². The molecule has 0 spiro atoms. The Morgan fingerprint density at radius 1 is 1.25 bits per heavy atom. The second-order valence-corrected chi connectivity index (χ2v) is 7.00. The van der Waals surface area contributed by atoms with Gasteiger partial charge in [0.05, 0.1) is 20.4 Å². The zero-order valence-electron chi connectivity index (χ0n) is 10.9. The molecule has 20 heavy (non-hydrogen) atoms. The molecule has 8 heteroatoms. The number of hydrogen-bond donors (Lipinski definition) is 2. The number of thioether (sulfide) groups is 1. The fourth-order valence-corrected chi connectivity index (χ4v) is 4.45. The first-order valence-electron chi connectivity index (χ1n) is 6.00. The Morgan fingerprint density at radius 2 is 1.95 bits per heavy atom. The molecule has 3 aromatic rings. The molecular weight excluding hydrogens is 312 g/mol. The first-order valence-corrected chi connectivity index (χ1v) is 8.86. The van der Waals surface area contributed by atoms with Crippen LogP contribution in [0.5, 0.6) is 0 Å². The van der Waals surface area contributed by atoms with Crippen molar-refractivity contribution in [2.24, 2.45) is 0 Å². The fourth-order valence-electron chi connectivity index (χ4n) is 1.80. The number of aromatic nitrogens is 2. The van der Waals surface area contributed by atoms with Crippen molar-refractivity contribution >= 4 is 66.0 Å². The van der Waals surface area contributed by atoms with Crippen LogP contribution in [0.2, 0.25) is 0 Å². The summed E-state index contributed by atoms with van der Waals surface area (Å²) in [5.41, 5.74) is 1.88. The number of nitrogens with one attached hydrogen (secondary N) is 2. The second-order valence-electron chi connectivity index (χ2n) is 3.95. The summed E-state index contributed by atoms with van der Waals surface area (Å²) in [5, 5.41) is 6.06. The summed E-state index contributed by atoms with van der Waals surface area (Å²) in [4.78, 5) is 20.5. The van der Waals surface area contributed by atoms with Gasteiger partial charge in [-0.25, -0.2) is 14.8 Å². The van der Waals surface area contributed by atoms with E-state index in [9.17, 15) is 4.79 Å². The highest BCUT2D eigenvalue weighted by Gasteiger charge is 2.12. The molecule has 0 aliphatic carbocycles. The largest absolute Gasteiger partial charge is 0.338 e. The van der Waals surface area contributed by atoms with E-state index in [0.717, 1.165) is 24.8 Å². The van der Waals surface area contributed by atoms with Gasteiger partial charge in [0.2, 0.25) is 0 Å². The molecule has 2 amide bonds. The van der Waals surface area contributed by atoms with Gasteiger partial charge in [-0.05, 0) is 25.3 Å². The predicted octanol–water partition coefficient (Wildman–Crippen LogP) is 3.77. The van der Waals surface area contributed by atoms with E-state index in [2.05, 4.69) is 20.6 Å². The molecule has 104 valence electrons. The van der Waals surface area contributed by atoms with Gasteiger partial charge in [-0.3, -0.25) is 5.32 Å². The monoisotopic (exact) mass is 324 g/mol. The summed E-state index contributed by atoms with van der Waals surface area (Å²) in [5.74, 6) is 0. The van der Waals surface area contributed by atoms with Gasteiger partial charge in [-0.1, -0.05) is 23.1 Å². The van der Waals surface area contributed by atoms with E-state index in [1.165, 1.54) is 11.3 Å². The summed E-state index contributed by atoms with van der Waals surface area (Å²) >= 11 is 4.79. The molecule has 0 unspecified atom stereocenters. The number of carbonyl (C=O) groups excluding carboxylic acids is 1. The zero-order chi connectivity index (χ0) is 14.1. The van der Waals surface area contributed by atoms with E-state index in [-0.39, 0.29) is 6.03 Å². The van der Waals surface area contributed by atoms with Crippen LogP contribution in [0.25, 0.3) is 20.4 Å². The van der Waals surface area contributed by atoms with Crippen LogP contribution in [0.3, 0.4) is 0 Å². The molecule has 2 heterocycles. The standard InChI is InChI=1S/C12H12N4OS3/c1-3-13-10(17)16-11-14-6-4-5-7-9(8(6)19-11)20-12(15-7)18-2/h4-5H,3H2,1-2H3,(H2,13,14,16,17). The van der Waals surface area contributed by atoms with Crippen LogP contribution < -0.4 is 10.6 Å². The molecule has 1 aromatic carbocycles. The van der Waals surface area contributed by atoms with Crippen LogP contribution in [-0.4, -0.2) is 28.8 Å². The maximum absolute atomic E-state index is 11.5. The summed E-state index contributed by atoms with van der Waals surface area (Å²) in [7, 11) is 0. The van der Waals surface area contributed by atoms with Crippen molar-refractivity contribution in [3.8, 4) is 0 Å².